The van der Waals surface area contributed by atoms with Crippen LogP contribution in [0.5, 0.6) is 0 Å². The third-order valence-corrected chi connectivity index (χ3v) is 4.62. The number of nitrogens with one attached hydrogen (secondary N) is 2. The number of aromatic amines is 1. The van der Waals surface area contributed by atoms with Gasteiger partial charge in [0.25, 0.3) is 0 Å². The Morgan fingerprint density at radius 2 is 1.96 bits per heavy atom. The van der Waals surface area contributed by atoms with Crippen molar-refractivity contribution >= 4 is 23.6 Å². The third-order valence-electron chi connectivity index (χ3n) is 4.62. The van der Waals surface area contributed by atoms with Crippen LogP contribution in [0.25, 0.3) is 12.2 Å². The fourth-order valence-electron chi connectivity index (χ4n) is 3.48. The predicted octanol–water partition coefficient (Wildman–Crippen LogP) is 1.50. The molecule has 0 radical (unpaired) electrons. The zero-order chi connectivity index (χ0) is 15.9. The lowest BCUT2D eigenvalue weighted by Crippen LogP contribution is -2.24. The van der Waals surface area contributed by atoms with E-state index >= 15 is 0 Å². The number of allylic oxidation sites excluding steroid dienone is 4. The first-order valence-corrected chi connectivity index (χ1v) is 8.39. The zero-order valence-corrected chi connectivity index (χ0v) is 13.2. The second-order valence-electron chi connectivity index (χ2n) is 6.52. The first-order valence-electron chi connectivity index (χ1n) is 8.39. The molecule has 8 bridgehead atoms. The number of hydrogen-bond donors (Lipinski definition) is 2. The smallest absolute Gasteiger partial charge is 0.0745 e. The number of aromatic nitrogens is 1. The van der Waals surface area contributed by atoms with E-state index in [0.717, 1.165) is 40.7 Å². The van der Waals surface area contributed by atoms with Crippen molar-refractivity contribution in [1.29, 1.82) is 0 Å². The maximum absolute atomic E-state index is 4.78. The summed E-state index contributed by atoms with van der Waals surface area (Å²) in [7, 11) is 0. The van der Waals surface area contributed by atoms with Crippen LogP contribution in [0.1, 0.15) is 12.8 Å². The van der Waals surface area contributed by atoms with Gasteiger partial charge in [-0.3, -0.25) is 4.99 Å². The summed E-state index contributed by atoms with van der Waals surface area (Å²) in [6, 6.07) is 4.79. The highest BCUT2D eigenvalue weighted by Gasteiger charge is 2.18. The van der Waals surface area contributed by atoms with Crippen molar-refractivity contribution in [2.24, 2.45) is 9.98 Å². The summed E-state index contributed by atoms with van der Waals surface area (Å²) in [5.74, 6) is 0. The van der Waals surface area contributed by atoms with Gasteiger partial charge >= 0.3 is 0 Å². The van der Waals surface area contributed by atoms with Crippen LogP contribution in [0, 0.1) is 0 Å². The van der Waals surface area contributed by atoms with Gasteiger partial charge in [0.15, 0.2) is 0 Å². The van der Waals surface area contributed by atoms with Crippen LogP contribution in [-0.4, -0.2) is 28.5 Å². The van der Waals surface area contributed by atoms with Crippen molar-refractivity contribution in [3.63, 3.8) is 0 Å². The molecule has 0 aromatic carbocycles. The minimum atomic E-state index is 0.222. The second kappa shape index (κ2) is 5.34. The highest BCUT2D eigenvalue weighted by atomic mass is 15.0. The molecule has 2 atom stereocenters. The van der Waals surface area contributed by atoms with Gasteiger partial charge < -0.3 is 10.3 Å². The summed E-state index contributed by atoms with van der Waals surface area (Å²) in [4.78, 5) is 12.9. The Balaban J connectivity index is 1.59. The molecule has 1 aromatic rings. The van der Waals surface area contributed by atoms with E-state index in [1.54, 1.807) is 0 Å². The number of rotatable bonds is 0. The van der Waals surface area contributed by atoms with Gasteiger partial charge in [0.05, 0.1) is 23.2 Å². The molecule has 0 saturated heterocycles. The van der Waals surface area contributed by atoms with Gasteiger partial charge in [-0.1, -0.05) is 12.2 Å². The largest absolute Gasteiger partial charge is 0.382 e. The first-order chi connectivity index (χ1) is 11.8. The topological polar surface area (TPSA) is 52.5 Å². The molecule has 4 heteroatoms. The van der Waals surface area contributed by atoms with Gasteiger partial charge in [0.2, 0.25) is 0 Å². The highest BCUT2D eigenvalue weighted by molar-refractivity contribution is 6.19. The Kier molecular flexibility index (Phi) is 3.01. The number of fused-ring (bicyclic) bond motifs is 6. The number of nitrogens with zero attached hydrogens (tertiary/aromatic N) is 2. The summed E-state index contributed by atoms with van der Waals surface area (Å²) < 4.78 is 0. The lowest BCUT2D eigenvalue weighted by atomic mass is 10.2. The fourth-order valence-corrected chi connectivity index (χ4v) is 3.48. The monoisotopic (exact) mass is 314 g/mol. The van der Waals surface area contributed by atoms with Crippen molar-refractivity contribution in [2.75, 3.05) is 0 Å². The van der Waals surface area contributed by atoms with Crippen molar-refractivity contribution < 1.29 is 0 Å². The molecular formula is C20H18N4. The molecule has 4 nitrogen and oxygen atoms in total. The number of H-pyrrole nitrogens is 1. The molecule has 0 fully saturated rings. The van der Waals surface area contributed by atoms with Crippen molar-refractivity contribution in [2.45, 2.75) is 24.9 Å². The van der Waals surface area contributed by atoms with Crippen LogP contribution in [0.2, 0.25) is 0 Å². The predicted molar refractivity (Wildman–Crippen MR) is 98.2 cm³/mol. The molecule has 5 rings (SSSR count). The van der Waals surface area contributed by atoms with E-state index in [0.29, 0.717) is 6.04 Å². The van der Waals surface area contributed by atoms with Gasteiger partial charge in [0, 0.05) is 28.9 Å². The lowest BCUT2D eigenvalue weighted by molar-refractivity contribution is 0.703. The van der Waals surface area contributed by atoms with E-state index in [9.17, 15) is 0 Å². The summed E-state index contributed by atoms with van der Waals surface area (Å²) in [6.07, 6.45) is 19.0. The fraction of sp³-hybridized carbons (Fsp3) is 0.200. The number of hydrogen-bond acceptors (Lipinski definition) is 3. The highest BCUT2D eigenvalue weighted by Crippen LogP contribution is 2.20. The quantitative estimate of drug-likeness (QED) is 0.749. The van der Waals surface area contributed by atoms with Crippen LogP contribution >= 0.6 is 0 Å². The van der Waals surface area contributed by atoms with Crippen LogP contribution in [-0.2, 0) is 0 Å². The van der Waals surface area contributed by atoms with E-state index in [4.69, 9.17) is 4.99 Å². The minimum absolute atomic E-state index is 0.222. The van der Waals surface area contributed by atoms with Gasteiger partial charge in [0.1, 0.15) is 0 Å². The molecule has 2 N–H and O–H groups in total. The molecular weight excluding hydrogens is 296 g/mol. The molecule has 0 saturated carbocycles. The van der Waals surface area contributed by atoms with E-state index < -0.39 is 0 Å². The normalized spacial score (nSPS) is 26.8. The van der Waals surface area contributed by atoms with E-state index in [-0.39, 0.29) is 6.04 Å². The molecule has 0 amide bonds. The average Bonchev–Trinajstić information content (AvgIpc) is 3.32. The average molecular weight is 314 g/mol. The molecule has 0 aliphatic carbocycles. The second-order valence-corrected chi connectivity index (χ2v) is 6.52. The molecule has 24 heavy (non-hydrogen) atoms. The summed E-state index contributed by atoms with van der Waals surface area (Å²) >= 11 is 0. The van der Waals surface area contributed by atoms with Crippen molar-refractivity contribution in [1.82, 2.24) is 10.3 Å². The van der Waals surface area contributed by atoms with Gasteiger partial charge in [-0.25, -0.2) is 4.99 Å². The van der Waals surface area contributed by atoms with Gasteiger partial charge in [-0.2, -0.15) is 0 Å². The summed E-state index contributed by atoms with van der Waals surface area (Å²) in [5.41, 5.74) is 4.20. The van der Waals surface area contributed by atoms with E-state index in [1.807, 2.05) is 18.2 Å². The molecule has 0 spiro atoms. The Labute approximate surface area is 140 Å². The zero-order valence-electron chi connectivity index (χ0n) is 13.2. The Hall–Kier alpha value is -2.88. The van der Waals surface area contributed by atoms with Crippen LogP contribution < -0.4 is 16.0 Å². The summed E-state index contributed by atoms with van der Waals surface area (Å²) in [5, 5.41) is 5.82. The van der Waals surface area contributed by atoms with Crippen LogP contribution in [0.4, 0.5) is 0 Å². The van der Waals surface area contributed by atoms with Crippen molar-refractivity contribution in [3.8, 4) is 0 Å². The Morgan fingerprint density at radius 1 is 1.00 bits per heavy atom. The van der Waals surface area contributed by atoms with Gasteiger partial charge in [-0.15, -0.1) is 0 Å². The lowest BCUT2D eigenvalue weighted by Gasteiger charge is -2.11. The van der Waals surface area contributed by atoms with Crippen molar-refractivity contribution in [3.05, 3.63) is 70.7 Å². The van der Waals surface area contributed by atoms with E-state index in [2.05, 4.69) is 57.8 Å². The van der Waals surface area contributed by atoms with Crippen LogP contribution in [0.15, 0.2) is 70.0 Å². The molecule has 5 heterocycles. The molecule has 4 aliphatic heterocycles. The molecule has 118 valence electrons. The number of aliphatic imine (C=N–C) groups is 2. The molecule has 4 aliphatic rings. The maximum atomic E-state index is 4.78. The minimum Gasteiger partial charge on any atom is -0.382 e. The van der Waals surface area contributed by atoms with Gasteiger partial charge in [-0.05, 0) is 55.0 Å². The van der Waals surface area contributed by atoms with Crippen LogP contribution in [0.3, 0.4) is 0 Å². The third kappa shape index (κ3) is 2.60. The molecule has 1 aromatic heterocycles. The van der Waals surface area contributed by atoms with E-state index in [1.165, 1.54) is 5.70 Å². The summed E-state index contributed by atoms with van der Waals surface area (Å²) in [6.45, 7) is 0. The first kappa shape index (κ1) is 13.5. The maximum Gasteiger partial charge on any atom is 0.0745 e. The Morgan fingerprint density at radius 3 is 2.96 bits per heavy atom. The standard InChI is InChI=1S/C20H18N4/c1-2-14-10-16-5-6-18(23-16)12-20-8-7-19(24-20)11-17-4-3-15(22-17)9-13(1)21-14/h1-7,9-10,12,17,20,23-24H,8,11H2. The Bertz CT molecular complexity index is 995. The SMILES string of the molecule is C1=CC2=NC1=CC1=NC(C=C1)CC1=CCC(C=c3ccc([nH]3)=C2)N1. The molecule has 2 unspecified atom stereocenters.